The Balaban J connectivity index is 1.64. The molecule has 0 fully saturated rings. The van der Waals surface area contributed by atoms with Crippen LogP contribution in [0.15, 0.2) is 59.9 Å². The molecule has 2 aromatic carbocycles. The van der Waals surface area contributed by atoms with E-state index in [0.717, 1.165) is 18.4 Å². The van der Waals surface area contributed by atoms with Gasteiger partial charge in [0.1, 0.15) is 5.75 Å². The van der Waals surface area contributed by atoms with Crippen LogP contribution in [-0.4, -0.2) is 30.7 Å². The number of alkyl halides is 3. The Morgan fingerprint density at radius 2 is 1.66 bits per heavy atom. The number of rotatable bonds is 5. The first-order valence-corrected chi connectivity index (χ1v) is 10.9. The van der Waals surface area contributed by atoms with Crippen molar-refractivity contribution >= 4 is 38.8 Å². The summed E-state index contributed by atoms with van der Waals surface area (Å²) in [6, 6.07) is 9.48. The van der Waals surface area contributed by atoms with Crippen LogP contribution in [0.1, 0.15) is 5.56 Å². The van der Waals surface area contributed by atoms with E-state index in [1.165, 1.54) is 42.6 Å². The van der Waals surface area contributed by atoms with E-state index in [1.54, 1.807) is 0 Å². The van der Waals surface area contributed by atoms with Crippen LogP contribution in [0.5, 0.6) is 11.6 Å². The van der Waals surface area contributed by atoms with E-state index in [2.05, 4.69) is 20.6 Å². The lowest BCUT2D eigenvalue weighted by molar-refractivity contribution is -0.137. The number of nitrogens with one attached hydrogen (secondary N) is 2. The molecule has 0 radical (unpaired) electrons. The van der Waals surface area contributed by atoms with Gasteiger partial charge in [-0.25, -0.2) is 18.2 Å². The van der Waals surface area contributed by atoms with Crippen molar-refractivity contribution in [1.82, 2.24) is 9.97 Å². The minimum absolute atomic E-state index is 0.00193. The molecule has 3 rings (SSSR count). The van der Waals surface area contributed by atoms with Gasteiger partial charge < -0.3 is 15.4 Å². The lowest BCUT2D eigenvalue weighted by atomic mass is 10.2. The second-order valence-electron chi connectivity index (χ2n) is 6.35. The maximum Gasteiger partial charge on any atom is 0.417 e. The number of sulfone groups is 1. The Bertz CT molecular complexity index is 1250. The Morgan fingerprint density at radius 1 is 1.03 bits per heavy atom. The molecule has 0 saturated carbocycles. The molecule has 0 aliphatic rings. The minimum Gasteiger partial charge on any atom is -0.439 e. The van der Waals surface area contributed by atoms with Gasteiger partial charge in [0, 0.05) is 29.9 Å². The van der Waals surface area contributed by atoms with Crippen molar-refractivity contribution in [2.24, 2.45) is 0 Å². The third-order valence-corrected chi connectivity index (χ3v) is 4.99. The van der Waals surface area contributed by atoms with Crippen molar-refractivity contribution in [3.05, 3.63) is 65.3 Å². The van der Waals surface area contributed by atoms with Crippen molar-refractivity contribution in [2.75, 3.05) is 16.9 Å². The molecule has 1 aromatic heterocycles. The smallest absolute Gasteiger partial charge is 0.417 e. The molecule has 32 heavy (non-hydrogen) atoms. The molecular formula is C19H14ClF3N4O4S. The van der Waals surface area contributed by atoms with Gasteiger partial charge in [-0.05, 0) is 42.5 Å². The molecule has 0 saturated heterocycles. The van der Waals surface area contributed by atoms with Crippen molar-refractivity contribution < 1.29 is 31.1 Å². The number of hydrogen-bond donors (Lipinski definition) is 2. The average Bonchev–Trinajstić information content (AvgIpc) is 2.70. The van der Waals surface area contributed by atoms with Gasteiger partial charge in [-0.2, -0.15) is 18.2 Å². The fourth-order valence-corrected chi connectivity index (χ4v) is 3.13. The van der Waals surface area contributed by atoms with Gasteiger partial charge in [0.05, 0.1) is 10.6 Å². The summed E-state index contributed by atoms with van der Waals surface area (Å²) >= 11 is 5.55. The number of urea groups is 1. The Labute approximate surface area is 185 Å². The molecule has 3 aromatic rings. The van der Waals surface area contributed by atoms with E-state index in [0.29, 0.717) is 11.4 Å². The highest BCUT2D eigenvalue weighted by Crippen LogP contribution is 2.36. The van der Waals surface area contributed by atoms with Crippen molar-refractivity contribution in [3.8, 4) is 11.6 Å². The second-order valence-corrected chi connectivity index (χ2v) is 8.66. The number of ether oxygens (including phenoxy) is 1. The number of carbonyl (C=O) groups excluding carboxylic acids is 1. The molecule has 8 nitrogen and oxygen atoms in total. The number of aromatic nitrogens is 2. The van der Waals surface area contributed by atoms with E-state index < -0.39 is 32.6 Å². The van der Waals surface area contributed by atoms with Crippen molar-refractivity contribution in [1.29, 1.82) is 0 Å². The predicted octanol–water partition coefficient (Wildman–Crippen LogP) is 4.99. The number of nitrogens with zero attached hydrogens (tertiary/aromatic N) is 2. The third kappa shape index (κ3) is 6.08. The number of carbonyl (C=O) groups is 1. The summed E-state index contributed by atoms with van der Waals surface area (Å²) in [7, 11) is -3.60. The van der Waals surface area contributed by atoms with E-state index >= 15 is 0 Å². The highest BCUT2D eigenvalue weighted by molar-refractivity contribution is 7.90. The van der Waals surface area contributed by atoms with E-state index in [9.17, 15) is 26.4 Å². The van der Waals surface area contributed by atoms with Crippen LogP contribution >= 0.6 is 11.6 Å². The summed E-state index contributed by atoms with van der Waals surface area (Å²) in [4.78, 5) is 19.5. The lowest BCUT2D eigenvalue weighted by Crippen LogP contribution is -2.19. The molecule has 0 spiro atoms. The topological polar surface area (TPSA) is 110 Å². The van der Waals surface area contributed by atoms with Gasteiger partial charge in [-0.3, -0.25) is 0 Å². The van der Waals surface area contributed by atoms with Crippen LogP contribution in [-0.2, 0) is 16.0 Å². The molecule has 2 N–H and O–H groups in total. The zero-order chi connectivity index (χ0) is 23.5. The summed E-state index contributed by atoms with van der Waals surface area (Å²) in [5, 5.41) is 3.88. The molecule has 0 unspecified atom stereocenters. The van der Waals surface area contributed by atoms with Gasteiger partial charge in [-0.1, -0.05) is 11.6 Å². The molecule has 0 aliphatic heterocycles. The third-order valence-electron chi connectivity index (χ3n) is 3.80. The summed E-state index contributed by atoms with van der Waals surface area (Å²) in [6.07, 6.45) is -2.46. The van der Waals surface area contributed by atoms with Crippen LogP contribution in [0.3, 0.4) is 0 Å². The highest BCUT2D eigenvalue weighted by atomic mass is 35.5. The molecule has 0 aliphatic carbocycles. The zero-order valence-electron chi connectivity index (χ0n) is 16.1. The van der Waals surface area contributed by atoms with Crippen LogP contribution in [0.25, 0.3) is 0 Å². The van der Waals surface area contributed by atoms with Crippen LogP contribution < -0.4 is 15.4 Å². The summed E-state index contributed by atoms with van der Waals surface area (Å²) in [5.74, 6) is 0.295. The monoisotopic (exact) mass is 486 g/mol. The van der Waals surface area contributed by atoms with Crippen molar-refractivity contribution in [3.63, 3.8) is 0 Å². The van der Waals surface area contributed by atoms with Gasteiger partial charge in [0.15, 0.2) is 0 Å². The Morgan fingerprint density at radius 3 is 2.28 bits per heavy atom. The SMILES string of the molecule is CS(=O)(=O)c1nccc(Oc2ccc(NC(=O)Nc3ccc(Cl)c(C(F)(F)F)c3)cc2)n1. The predicted molar refractivity (Wildman–Crippen MR) is 111 cm³/mol. The molecule has 0 atom stereocenters. The zero-order valence-corrected chi connectivity index (χ0v) is 17.7. The first-order chi connectivity index (χ1) is 14.9. The quantitative estimate of drug-likeness (QED) is 0.492. The van der Waals surface area contributed by atoms with Gasteiger partial charge in [-0.15, -0.1) is 0 Å². The maximum atomic E-state index is 12.9. The first-order valence-electron chi connectivity index (χ1n) is 8.67. The number of anilines is 2. The summed E-state index contributed by atoms with van der Waals surface area (Å²) in [5.41, 5.74) is -0.841. The fraction of sp³-hybridized carbons (Fsp3) is 0.105. The molecule has 0 bridgehead atoms. The highest BCUT2D eigenvalue weighted by Gasteiger charge is 2.33. The van der Waals surface area contributed by atoms with Gasteiger partial charge in [0.2, 0.25) is 20.9 Å². The Hall–Kier alpha value is -3.38. The first kappa shape index (κ1) is 23.3. The van der Waals surface area contributed by atoms with E-state index in [4.69, 9.17) is 16.3 Å². The molecular weight excluding hydrogens is 473 g/mol. The van der Waals surface area contributed by atoms with E-state index in [-0.39, 0.29) is 16.7 Å². The van der Waals surface area contributed by atoms with Gasteiger partial charge in [0.25, 0.3) is 0 Å². The molecule has 2 amide bonds. The van der Waals surface area contributed by atoms with Gasteiger partial charge >= 0.3 is 12.2 Å². The summed E-state index contributed by atoms with van der Waals surface area (Å²) < 4.78 is 67.3. The van der Waals surface area contributed by atoms with Crippen LogP contribution in [0.4, 0.5) is 29.3 Å². The second kappa shape index (κ2) is 9.01. The summed E-state index contributed by atoms with van der Waals surface area (Å²) in [6.45, 7) is 0. The van der Waals surface area contributed by atoms with Crippen molar-refractivity contribution in [2.45, 2.75) is 11.3 Å². The van der Waals surface area contributed by atoms with Crippen LogP contribution in [0.2, 0.25) is 5.02 Å². The molecule has 1 heterocycles. The number of hydrogen-bond acceptors (Lipinski definition) is 6. The normalized spacial score (nSPS) is 11.7. The molecule has 13 heteroatoms. The van der Waals surface area contributed by atoms with Crippen LogP contribution in [0, 0.1) is 0 Å². The fourth-order valence-electron chi connectivity index (χ4n) is 2.40. The average molecular weight is 487 g/mol. The Kier molecular flexibility index (Phi) is 6.55. The number of halogens is 4. The molecule has 168 valence electrons. The standard InChI is InChI=1S/C19H14ClF3N4O4S/c1-32(29,30)18-24-9-8-16(27-18)31-13-5-2-11(3-6-13)25-17(28)26-12-4-7-15(20)14(10-12)19(21,22)23/h2-10H,1H3,(H2,25,26,28). The maximum absolute atomic E-state index is 12.9. The largest absolute Gasteiger partial charge is 0.439 e. The lowest BCUT2D eigenvalue weighted by Gasteiger charge is -2.12. The van der Waals surface area contributed by atoms with E-state index in [1.807, 2.05) is 0 Å². The number of benzene rings is 2. The minimum atomic E-state index is -4.66. The number of amides is 2.